The molecular formula is C20H16INO5. The van der Waals surface area contributed by atoms with Crippen LogP contribution in [0, 0.1) is 3.57 Å². The molecule has 2 aromatic carbocycles. The monoisotopic (exact) mass is 477 g/mol. The van der Waals surface area contributed by atoms with Crippen LogP contribution in [-0.2, 0) is 14.3 Å². The van der Waals surface area contributed by atoms with Gasteiger partial charge in [0.15, 0.2) is 17.2 Å². The maximum absolute atomic E-state index is 12.2. The third-order valence-corrected chi connectivity index (χ3v) is 4.32. The Morgan fingerprint density at radius 1 is 1.26 bits per heavy atom. The van der Waals surface area contributed by atoms with Gasteiger partial charge in [0.25, 0.3) is 0 Å². The van der Waals surface area contributed by atoms with E-state index in [2.05, 4.69) is 27.6 Å². The molecule has 0 fully saturated rings. The summed E-state index contributed by atoms with van der Waals surface area (Å²) in [5.74, 6) is 0.0880. The minimum Gasteiger partial charge on any atom is -0.490 e. The Morgan fingerprint density at radius 2 is 2.00 bits per heavy atom. The van der Waals surface area contributed by atoms with E-state index in [1.54, 1.807) is 18.2 Å². The Morgan fingerprint density at radius 3 is 2.67 bits per heavy atom. The van der Waals surface area contributed by atoms with Crippen molar-refractivity contribution in [3.05, 3.63) is 62.9 Å². The van der Waals surface area contributed by atoms with Gasteiger partial charge in [0.05, 0.1) is 10.2 Å². The van der Waals surface area contributed by atoms with Gasteiger partial charge in [-0.25, -0.2) is 9.79 Å². The molecule has 0 bridgehead atoms. The molecular weight excluding hydrogens is 461 g/mol. The van der Waals surface area contributed by atoms with Crippen molar-refractivity contribution in [1.82, 2.24) is 0 Å². The first-order valence-corrected chi connectivity index (χ1v) is 9.28. The number of halogens is 1. The van der Waals surface area contributed by atoms with Crippen LogP contribution in [0.2, 0.25) is 0 Å². The summed E-state index contributed by atoms with van der Waals surface area (Å²) in [5.41, 5.74) is 1.60. The van der Waals surface area contributed by atoms with Crippen LogP contribution in [0.1, 0.15) is 25.0 Å². The molecule has 6 nitrogen and oxygen atoms in total. The Labute approximate surface area is 170 Å². The summed E-state index contributed by atoms with van der Waals surface area (Å²) in [6.45, 7) is 3.57. The lowest BCUT2D eigenvalue weighted by Gasteiger charge is -2.12. The molecule has 0 N–H and O–H groups in total. The summed E-state index contributed by atoms with van der Waals surface area (Å²) < 4.78 is 16.8. The smallest absolute Gasteiger partial charge is 0.363 e. The van der Waals surface area contributed by atoms with Gasteiger partial charge in [0.1, 0.15) is 0 Å². The van der Waals surface area contributed by atoms with E-state index in [4.69, 9.17) is 14.2 Å². The number of carbonyl (C=O) groups is 2. The van der Waals surface area contributed by atoms with E-state index >= 15 is 0 Å². The highest BCUT2D eigenvalue weighted by atomic mass is 127. The van der Waals surface area contributed by atoms with Gasteiger partial charge < -0.3 is 14.2 Å². The summed E-state index contributed by atoms with van der Waals surface area (Å²) in [6, 6.07) is 12.7. The second-order valence-corrected chi connectivity index (χ2v) is 6.72. The molecule has 27 heavy (non-hydrogen) atoms. The first-order valence-electron chi connectivity index (χ1n) is 8.20. The van der Waals surface area contributed by atoms with Gasteiger partial charge in [0.2, 0.25) is 5.90 Å². The summed E-state index contributed by atoms with van der Waals surface area (Å²) in [4.78, 5) is 27.8. The molecule has 0 aromatic heterocycles. The van der Waals surface area contributed by atoms with E-state index in [0.29, 0.717) is 27.2 Å². The quantitative estimate of drug-likeness (QED) is 0.282. The molecule has 3 rings (SSSR count). The standard InChI is InChI=1S/C20H16INO5/c1-3-25-17-11-13(9-15(21)18(17)26-12(2)23)10-16-20(24)27-19(22-16)14-7-5-4-6-8-14/h4-11H,3H2,1-2H3/b16-10+. The SMILES string of the molecule is CCOc1cc(/C=C2/N=C(c3ccccc3)OC2=O)cc(I)c1OC(C)=O. The third kappa shape index (κ3) is 4.54. The predicted octanol–water partition coefficient (Wildman–Crippen LogP) is 3.96. The zero-order valence-electron chi connectivity index (χ0n) is 14.7. The van der Waals surface area contributed by atoms with Crippen molar-refractivity contribution < 1.29 is 23.8 Å². The fourth-order valence-electron chi connectivity index (χ4n) is 2.45. The molecule has 0 unspecified atom stereocenters. The summed E-state index contributed by atoms with van der Waals surface area (Å²) in [7, 11) is 0. The van der Waals surface area contributed by atoms with Crippen molar-refractivity contribution in [2.24, 2.45) is 4.99 Å². The zero-order valence-corrected chi connectivity index (χ0v) is 16.8. The highest BCUT2D eigenvalue weighted by Gasteiger charge is 2.24. The van der Waals surface area contributed by atoms with E-state index in [9.17, 15) is 9.59 Å². The van der Waals surface area contributed by atoms with Crippen LogP contribution in [-0.4, -0.2) is 24.4 Å². The number of aliphatic imine (C=N–C) groups is 1. The molecule has 0 amide bonds. The number of cyclic esters (lactones) is 1. The highest BCUT2D eigenvalue weighted by molar-refractivity contribution is 14.1. The number of esters is 2. The van der Waals surface area contributed by atoms with Gasteiger partial charge >= 0.3 is 11.9 Å². The van der Waals surface area contributed by atoms with E-state index in [1.165, 1.54) is 6.92 Å². The second-order valence-electron chi connectivity index (χ2n) is 5.56. The molecule has 0 spiro atoms. The van der Waals surface area contributed by atoms with E-state index in [1.807, 2.05) is 37.3 Å². The second kappa shape index (κ2) is 8.34. The Bertz CT molecular complexity index is 950. The number of hydrogen-bond donors (Lipinski definition) is 0. The number of carbonyl (C=O) groups excluding carboxylic acids is 2. The highest BCUT2D eigenvalue weighted by Crippen LogP contribution is 2.35. The predicted molar refractivity (Wildman–Crippen MR) is 109 cm³/mol. The summed E-state index contributed by atoms with van der Waals surface area (Å²) >= 11 is 2.05. The van der Waals surface area contributed by atoms with Gasteiger partial charge in [-0.05, 0) is 65.4 Å². The molecule has 138 valence electrons. The van der Waals surface area contributed by atoms with Crippen molar-refractivity contribution >= 4 is 46.5 Å². The largest absolute Gasteiger partial charge is 0.490 e. The number of nitrogens with zero attached hydrogens (tertiary/aromatic N) is 1. The van der Waals surface area contributed by atoms with Crippen LogP contribution in [0.25, 0.3) is 6.08 Å². The Hall–Kier alpha value is -2.68. The maximum Gasteiger partial charge on any atom is 0.363 e. The molecule has 7 heteroatoms. The molecule has 1 aliphatic rings. The first kappa shape index (κ1) is 19.1. The van der Waals surface area contributed by atoms with Crippen LogP contribution in [0.4, 0.5) is 0 Å². The van der Waals surface area contributed by atoms with Crippen LogP contribution >= 0.6 is 22.6 Å². The lowest BCUT2D eigenvalue weighted by molar-refractivity contribution is -0.132. The van der Waals surface area contributed by atoms with Crippen molar-refractivity contribution in [2.75, 3.05) is 6.61 Å². The fourth-order valence-corrected chi connectivity index (χ4v) is 3.18. The Kier molecular flexibility index (Phi) is 5.90. The number of ether oxygens (including phenoxy) is 3. The van der Waals surface area contributed by atoms with Crippen molar-refractivity contribution in [1.29, 1.82) is 0 Å². The van der Waals surface area contributed by atoms with Crippen molar-refractivity contribution in [3.63, 3.8) is 0 Å². The molecule has 0 aliphatic carbocycles. The number of benzene rings is 2. The number of hydrogen-bond acceptors (Lipinski definition) is 6. The molecule has 2 aromatic rings. The lowest BCUT2D eigenvalue weighted by Crippen LogP contribution is -2.06. The van der Waals surface area contributed by atoms with Gasteiger partial charge in [-0.15, -0.1) is 0 Å². The van der Waals surface area contributed by atoms with Crippen molar-refractivity contribution in [3.8, 4) is 11.5 Å². The summed E-state index contributed by atoms with van der Waals surface area (Å²) in [5, 5.41) is 0. The minimum atomic E-state index is -0.522. The van der Waals surface area contributed by atoms with Crippen molar-refractivity contribution in [2.45, 2.75) is 13.8 Å². The van der Waals surface area contributed by atoms with Gasteiger partial charge in [0, 0.05) is 12.5 Å². The van der Waals surface area contributed by atoms with Crippen LogP contribution in [0.3, 0.4) is 0 Å². The molecule has 0 saturated carbocycles. The zero-order chi connectivity index (χ0) is 19.4. The average molecular weight is 477 g/mol. The lowest BCUT2D eigenvalue weighted by atomic mass is 10.1. The van der Waals surface area contributed by atoms with Gasteiger partial charge in [-0.2, -0.15) is 0 Å². The van der Waals surface area contributed by atoms with E-state index in [-0.39, 0.29) is 11.6 Å². The average Bonchev–Trinajstić information content (AvgIpc) is 2.99. The molecule has 1 aliphatic heterocycles. The first-order chi connectivity index (χ1) is 13.0. The molecule has 0 atom stereocenters. The summed E-state index contributed by atoms with van der Waals surface area (Å²) in [6.07, 6.45) is 1.61. The van der Waals surface area contributed by atoms with Gasteiger partial charge in [-0.1, -0.05) is 18.2 Å². The molecule has 0 saturated heterocycles. The topological polar surface area (TPSA) is 74.2 Å². The maximum atomic E-state index is 12.2. The molecule has 0 radical (unpaired) electrons. The fraction of sp³-hybridized carbons (Fsp3) is 0.150. The normalized spacial score (nSPS) is 14.7. The molecule has 1 heterocycles. The Balaban J connectivity index is 1.97. The number of rotatable bonds is 5. The van der Waals surface area contributed by atoms with Gasteiger partial charge in [-0.3, -0.25) is 4.79 Å². The minimum absolute atomic E-state index is 0.187. The van der Waals surface area contributed by atoms with Crippen LogP contribution in [0.15, 0.2) is 53.2 Å². The van der Waals surface area contributed by atoms with E-state index < -0.39 is 11.9 Å². The third-order valence-electron chi connectivity index (χ3n) is 3.52. The van der Waals surface area contributed by atoms with Crippen LogP contribution < -0.4 is 9.47 Å². The van der Waals surface area contributed by atoms with E-state index in [0.717, 1.165) is 5.56 Å². The van der Waals surface area contributed by atoms with Crippen LogP contribution in [0.5, 0.6) is 11.5 Å².